The fourth-order valence-electron chi connectivity index (χ4n) is 4.23. The molecule has 2 N–H and O–H groups in total. The first-order valence-corrected chi connectivity index (χ1v) is 11.8. The van der Waals surface area contributed by atoms with Crippen molar-refractivity contribution in [2.24, 2.45) is 0 Å². The molecule has 0 saturated carbocycles. The first kappa shape index (κ1) is 24.9. The molecule has 0 spiro atoms. The van der Waals surface area contributed by atoms with Crippen molar-refractivity contribution in [2.75, 3.05) is 50.1 Å². The second-order valence-corrected chi connectivity index (χ2v) is 8.39. The van der Waals surface area contributed by atoms with Crippen LogP contribution in [0.4, 0.5) is 11.4 Å². The van der Waals surface area contributed by atoms with E-state index < -0.39 is 17.8 Å². The van der Waals surface area contributed by atoms with Gasteiger partial charge in [-0.05, 0) is 48.0 Å². The Hall–Kier alpha value is -4.24. The molecule has 1 aliphatic rings. The van der Waals surface area contributed by atoms with Crippen LogP contribution in [0.5, 0.6) is 0 Å². The number of anilines is 2. The van der Waals surface area contributed by atoms with E-state index in [2.05, 4.69) is 42.3 Å². The third kappa shape index (κ3) is 6.25. The van der Waals surface area contributed by atoms with Crippen molar-refractivity contribution in [1.29, 1.82) is 0 Å². The Balaban J connectivity index is 1.36. The molecular formula is C27H29N5O4. The second-order valence-electron chi connectivity index (χ2n) is 8.39. The predicted molar refractivity (Wildman–Crippen MR) is 137 cm³/mol. The van der Waals surface area contributed by atoms with Gasteiger partial charge in [0.2, 0.25) is 0 Å². The van der Waals surface area contributed by atoms with E-state index in [0.29, 0.717) is 11.3 Å². The Morgan fingerprint density at radius 1 is 0.917 bits per heavy atom. The third-order valence-corrected chi connectivity index (χ3v) is 6.17. The van der Waals surface area contributed by atoms with Crippen LogP contribution in [0.1, 0.15) is 22.0 Å². The van der Waals surface area contributed by atoms with Crippen molar-refractivity contribution in [3.63, 3.8) is 0 Å². The average Bonchev–Trinajstić information content (AvgIpc) is 2.94. The molecule has 3 aromatic rings. The lowest BCUT2D eigenvalue weighted by molar-refractivity contribution is -0.136. The van der Waals surface area contributed by atoms with Crippen LogP contribution in [-0.2, 0) is 14.3 Å². The van der Waals surface area contributed by atoms with Crippen molar-refractivity contribution < 1.29 is 19.1 Å². The molecule has 2 amide bonds. The highest BCUT2D eigenvalue weighted by atomic mass is 16.5. The predicted octanol–water partition coefficient (Wildman–Crippen LogP) is 2.49. The Labute approximate surface area is 210 Å². The zero-order valence-corrected chi connectivity index (χ0v) is 20.1. The summed E-state index contributed by atoms with van der Waals surface area (Å²) in [5.74, 6) is -1.99. The molecule has 36 heavy (non-hydrogen) atoms. The van der Waals surface area contributed by atoms with Gasteiger partial charge in [0, 0.05) is 56.5 Å². The van der Waals surface area contributed by atoms with Crippen molar-refractivity contribution >= 4 is 29.2 Å². The minimum absolute atomic E-state index is 0.118. The lowest BCUT2D eigenvalue weighted by Crippen LogP contribution is -2.50. The number of piperazine rings is 1. The van der Waals surface area contributed by atoms with Crippen molar-refractivity contribution in [1.82, 2.24) is 15.2 Å². The summed E-state index contributed by atoms with van der Waals surface area (Å²) in [5.41, 5.74) is 2.93. The molecule has 0 unspecified atom stereocenters. The second kappa shape index (κ2) is 11.9. The number of methoxy groups -OCH3 is 1. The summed E-state index contributed by atoms with van der Waals surface area (Å²) in [4.78, 5) is 45.5. The van der Waals surface area contributed by atoms with Crippen molar-refractivity contribution in [3.8, 4) is 0 Å². The number of para-hydroxylation sites is 1. The molecule has 1 saturated heterocycles. The number of nitrogens with zero attached hydrogens (tertiary/aromatic N) is 3. The van der Waals surface area contributed by atoms with E-state index in [9.17, 15) is 14.4 Å². The molecule has 186 valence electrons. The standard InChI is InChI=1S/C27H29N5O4/c1-36-27(35)20-9-11-22(12-10-20)30-26(34)25(33)29-19-24(21-6-5-13-28-18-21)32-16-14-31(15-17-32)23-7-3-2-4-8-23/h2-13,18,24H,14-17,19H2,1H3,(H,29,33)(H,30,34)/t24-/m1/s1. The van der Waals surface area contributed by atoms with Gasteiger partial charge >= 0.3 is 17.8 Å². The summed E-state index contributed by atoms with van der Waals surface area (Å²) in [5, 5.41) is 5.33. The number of ether oxygens (including phenoxy) is 1. The van der Waals surface area contributed by atoms with Crippen molar-refractivity contribution in [2.45, 2.75) is 6.04 Å². The zero-order chi connectivity index (χ0) is 25.3. The lowest BCUT2D eigenvalue weighted by atomic mass is 10.1. The Kier molecular flexibility index (Phi) is 8.25. The summed E-state index contributed by atoms with van der Waals surface area (Å²) < 4.78 is 4.66. The maximum atomic E-state index is 12.6. The molecule has 2 aromatic carbocycles. The number of hydrogen-bond donors (Lipinski definition) is 2. The average molecular weight is 488 g/mol. The molecule has 0 bridgehead atoms. The number of nitrogens with one attached hydrogen (secondary N) is 2. The van der Waals surface area contributed by atoms with Gasteiger partial charge in [-0.1, -0.05) is 24.3 Å². The molecule has 9 heteroatoms. The largest absolute Gasteiger partial charge is 0.465 e. The molecule has 9 nitrogen and oxygen atoms in total. The molecule has 0 aliphatic carbocycles. The van der Waals surface area contributed by atoms with E-state index in [1.54, 1.807) is 24.5 Å². The molecule has 0 radical (unpaired) electrons. The fourth-order valence-corrected chi connectivity index (χ4v) is 4.23. The lowest BCUT2D eigenvalue weighted by Gasteiger charge is -2.40. The minimum atomic E-state index is -0.778. The normalized spacial score (nSPS) is 14.5. The van der Waals surface area contributed by atoms with Gasteiger partial charge in [0.1, 0.15) is 0 Å². The van der Waals surface area contributed by atoms with Gasteiger partial charge in [-0.2, -0.15) is 0 Å². The van der Waals surface area contributed by atoms with Gasteiger partial charge in [0.15, 0.2) is 0 Å². The maximum Gasteiger partial charge on any atom is 0.337 e. The summed E-state index contributed by atoms with van der Waals surface area (Å²) in [6.45, 7) is 3.60. The van der Waals surface area contributed by atoms with Crippen LogP contribution in [-0.4, -0.2) is 67.5 Å². The van der Waals surface area contributed by atoms with Crippen LogP contribution >= 0.6 is 0 Å². The quantitative estimate of drug-likeness (QED) is 0.390. The number of aromatic nitrogens is 1. The van der Waals surface area contributed by atoms with E-state index in [1.165, 1.54) is 24.9 Å². The molecule has 1 aliphatic heterocycles. The topological polar surface area (TPSA) is 104 Å². The van der Waals surface area contributed by atoms with Crippen LogP contribution in [0.3, 0.4) is 0 Å². The van der Waals surface area contributed by atoms with E-state index in [-0.39, 0.29) is 12.6 Å². The highest BCUT2D eigenvalue weighted by Gasteiger charge is 2.27. The van der Waals surface area contributed by atoms with Crippen LogP contribution < -0.4 is 15.5 Å². The molecule has 2 heterocycles. The number of benzene rings is 2. The first-order chi connectivity index (χ1) is 17.5. The van der Waals surface area contributed by atoms with Crippen LogP contribution in [0.25, 0.3) is 0 Å². The monoisotopic (exact) mass is 487 g/mol. The number of pyridine rings is 1. The van der Waals surface area contributed by atoms with E-state index in [0.717, 1.165) is 31.7 Å². The summed E-state index contributed by atoms with van der Waals surface area (Å²) in [6.07, 6.45) is 3.51. The SMILES string of the molecule is COC(=O)c1ccc(NC(=O)C(=O)NC[C@H](c2cccnc2)N2CCN(c3ccccc3)CC2)cc1. The number of esters is 1. The summed E-state index contributed by atoms with van der Waals surface area (Å²) >= 11 is 0. The smallest absolute Gasteiger partial charge is 0.337 e. The zero-order valence-electron chi connectivity index (χ0n) is 20.1. The van der Waals surface area contributed by atoms with Gasteiger partial charge in [-0.15, -0.1) is 0 Å². The van der Waals surface area contributed by atoms with Gasteiger partial charge in [0.05, 0.1) is 18.7 Å². The number of rotatable bonds is 7. The first-order valence-electron chi connectivity index (χ1n) is 11.8. The minimum Gasteiger partial charge on any atom is -0.465 e. The van der Waals surface area contributed by atoms with E-state index in [4.69, 9.17) is 0 Å². The molecule has 1 atom stereocenters. The van der Waals surface area contributed by atoms with Crippen LogP contribution in [0, 0.1) is 0 Å². The molecule has 1 fully saturated rings. The number of hydrogen-bond acceptors (Lipinski definition) is 7. The maximum absolute atomic E-state index is 12.6. The third-order valence-electron chi connectivity index (χ3n) is 6.17. The highest BCUT2D eigenvalue weighted by molar-refractivity contribution is 6.39. The summed E-state index contributed by atoms with van der Waals surface area (Å²) in [6, 6.07) is 20.2. The van der Waals surface area contributed by atoms with Gasteiger partial charge in [-0.25, -0.2) is 4.79 Å². The van der Waals surface area contributed by atoms with E-state index in [1.807, 2.05) is 30.3 Å². The van der Waals surface area contributed by atoms with Crippen molar-refractivity contribution in [3.05, 3.63) is 90.3 Å². The molecule has 4 rings (SSSR count). The fraction of sp³-hybridized carbons (Fsp3) is 0.259. The Morgan fingerprint density at radius 3 is 2.28 bits per heavy atom. The number of carbonyl (C=O) groups is 3. The summed E-state index contributed by atoms with van der Waals surface area (Å²) in [7, 11) is 1.30. The highest BCUT2D eigenvalue weighted by Crippen LogP contribution is 2.23. The molecule has 1 aromatic heterocycles. The van der Waals surface area contributed by atoms with E-state index >= 15 is 0 Å². The number of carbonyl (C=O) groups excluding carboxylic acids is 3. The van der Waals surface area contributed by atoms with Crippen LogP contribution in [0.2, 0.25) is 0 Å². The number of amides is 2. The Morgan fingerprint density at radius 2 is 1.64 bits per heavy atom. The van der Waals surface area contributed by atoms with Crippen LogP contribution in [0.15, 0.2) is 79.1 Å². The van der Waals surface area contributed by atoms with Gasteiger partial charge < -0.3 is 20.3 Å². The molecular weight excluding hydrogens is 458 g/mol. The van der Waals surface area contributed by atoms with Gasteiger partial charge in [-0.3, -0.25) is 19.5 Å². The Bertz CT molecular complexity index is 1160. The van der Waals surface area contributed by atoms with Gasteiger partial charge in [0.25, 0.3) is 0 Å².